The average Bonchev–Trinajstić information content (AvgIpc) is 2.75. The second kappa shape index (κ2) is 5.58. The molecule has 0 saturated heterocycles. The molecule has 2 rings (SSSR count). The number of aliphatic hydroxyl groups excluding tert-OH is 1. The van der Waals surface area contributed by atoms with E-state index in [0.717, 1.165) is 12.5 Å². The highest BCUT2D eigenvalue weighted by Gasteiger charge is 2.19. The van der Waals surface area contributed by atoms with Gasteiger partial charge in [-0.25, -0.2) is 8.78 Å². The fourth-order valence-corrected chi connectivity index (χ4v) is 2.66. The van der Waals surface area contributed by atoms with Crippen LogP contribution in [0.4, 0.5) is 8.78 Å². The Labute approximate surface area is 100 Å². The van der Waals surface area contributed by atoms with Crippen LogP contribution in [0, 0.1) is 17.6 Å². The molecule has 3 heteroatoms. The summed E-state index contributed by atoms with van der Waals surface area (Å²) in [6.45, 7) is 0. The highest BCUT2D eigenvalue weighted by molar-refractivity contribution is 5.19. The molecule has 17 heavy (non-hydrogen) atoms. The lowest BCUT2D eigenvalue weighted by atomic mass is 9.96. The summed E-state index contributed by atoms with van der Waals surface area (Å²) < 4.78 is 26.1. The van der Waals surface area contributed by atoms with Gasteiger partial charge in [0.1, 0.15) is 11.6 Å². The van der Waals surface area contributed by atoms with Crippen molar-refractivity contribution in [1.29, 1.82) is 0 Å². The van der Waals surface area contributed by atoms with Crippen molar-refractivity contribution in [2.45, 2.75) is 44.6 Å². The van der Waals surface area contributed by atoms with Crippen LogP contribution in [-0.2, 0) is 6.42 Å². The molecule has 1 unspecified atom stereocenters. The quantitative estimate of drug-likeness (QED) is 0.854. The lowest BCUT2D eigenvalue weighted by Crippen LogP contribution is -2.15. The van der Waals surface area contributed by atoms with Gasteiger partial charge in [-0.2, -0.15) is 0 Å². The smallest absolute Gasteiger partial charge is 0.129 e. The van der Waals surface area contributed by atoms with E-state index in [1.807, 2.05) is 0 Å². The van der Waals surface area contributed by atoms with E-state index < -0.39 is 17.7 Å². The fourth-order valence-electron chi connectivity index (χ4n) is 2.66. The van der Waals surface area contributed by atoms with Crippen LogP contribution in [0.15, 0.2) is 18.2 Å². The SMILES string of the molecule is OC(Cc1ccc(F)cc1F)CC1CCCC1. The number of hydrogen-bond acceptors (Lipinski definition) is 1. The Bertz CT molecular complexity index is 372. The molecule has 1 aromatic carbocycles. The Balaban J connectivity index is 1.90. The summed E-state index contributed by atoms with van der Waals surface area (Å²) in [6, 6.07) is 3.53. The maximum Gasteiger partial charge on any atom is 0.129 e. The zero-order valence-corrected chi connectivity index (χ0v) is 9.83. The highest BCUT2D eigenvalue weighted by Crippen LogP contribution is 2.29. The third-order valence-corrected chi connectivity index (χ3v) is 3.55. The molecule has 0 heterocycles. The maximum atomic E-state index is 13.4. The number of hydrogen-bond donors (Lipinski definition) is 1. The summed E-state index contributed by atoms with van der Waals surface area (Å²) in [5.41, 5.74) is 0.400. The standard InChI is InChI=1S/C14H18F2O/c15-12-6-5-11(14(16)9-12)8-13(17)7-10-3-1-2-4-10/h5-6,9-10,13,17H,1-4,7-8H2. The van der Waals surface area contributed by atoms with E-state index in [-0.39, 0.29) is 6.42 Å². The largest absolute Gasteiger partial charge is 0.393 e. The van der Waals surface area contributed by atoms with Crippen LogP contribution in [0.2, 0.25) is 0 Å². The molecule has 1 aliphatic carbocycles. The Hall–Kier alpha value is -0.960. The molecule has 0 amide bonds. The van der Waals surface area contributed by atoms with Gasteiger partial charge in [0.15, 0.2) is 0 Å². The third-order valence-electron chi connectivity index (χ3n) is 3.55. The van der Waals surface area contributed by atoms with Crippen LogP contribution in [0.3, 0.4) is 0 Å². The summed E-state index contributed by atoms with van der Waals surface area (Å²) in [4.78, 5) is 0. The van der Waals surface area contributed by atoms with Crippen molar-refractivity contribution < 1.29 is 13.9 Å². The van der Waals surface area contributed by atoms with Gasteiger partial charge in [0.25, 0.3) is 0 Å². The van der Waals surface area contributed by atoms with Crippen molar-refractivity contribution in [1.82, 2.24) is 0 Å². The van der Waals surface area contributed by atoms with E-state index in [9.17, 15) is 13.9 Å². The van der Waals surface area contributed by atoms with Crippen LogP contribution in [0.1, 0.15) is 37.7 Å². The van der Waals surface area contributed by atoms with Gasteiger partial charge < -0.3 is 5.11 Å². The Kier molecular flexibility index (Phi) is 4.11. The molecule has 0 radical (unpaired) electrons. The number of halogens is 2. The van der Waals surface area contributed by atoms with Crippen LogP contribution in [0.25, 0.3) is 0 Å². The zero-order valence-electron chi connectivity index (χ0n) is 9.83. The van der Waals surface area contributed by atoms with Crippen LogP contribution in [-0.4, -0.2) is 11.2 Å². The minimum atomic E-state index is -0.573. The van der Waals surface area contributed by atoms with Gasteiger partial charge in [-0.1, -0.05) is 31.7 Å². The molecule has 1 N–H and O–H groups in total. The van der Waals surface area contributed by atoms with E-state index in [4.69, 9.17) is 0 Å². The number of aliphatic hydroxyl groups is 1. The van der Waals surface area contributed by atoms with Crippen molar-refractivity contribution in [2.24, 2.45) is 5.92 Å². The molecule has 1 aromatic rings. The molecule has 0 aliphatic heterocycles. The van der Waals surface area contributed by atoms with E-state index in [1.54, 1.807) is 0 Å². The normalized spacial score (nSPS) is 18.5. The molecular formula is C14H18F2O. The highest BCUT2D eigenvalue weighted by atomic mass is 19.1. The predicted octanol–water partition coefficient (Wildman–Crippen LogP) is 3.45. The maximum absolute atomic E-state index is 13.4. The second-order valence-electron chi connectivity index (χ2n) is 4.98. The first kappa shape index (κ1) is 12.5. The van der Waals surface area contributed by atoms with Crippen molar-refractivity contribution >= 4 is 0 Å². The first-order valence-electron chi connectivity index (χ1n) is 6.27. The minimum absolute atomic E-state index is 0.280. The molecule has 0 bridgehead atoms. The Morgan fingerprint density at radius 3 is 2.59 bits per heavy atom. The fraction of sp³-hybridized carbons (Fsp3) is 0.571. The molecule has 0 spiro atoms. The van der Waals surface area contributed by atoms with Crippen molar-refractivity contribution in [2.75, 3.05) is 0 Å². The second-order valence-corrected chi connectivity index (χ2v) is 4.98. The molecule has 1 nitrogen and oxygen atoms in total. The predicted molar refractivity (Wildman–Crippen MR) is 62.6 cm³/mol. The molecule has 1 saturated carbocycles. The van der Waals surface area contributed by atoms with Crippen LogP contribution >= 0.6 is 0 Å². The van der Waals surface area contributed by atoms with Crippen molar-refractivity contribution in [3.63, 3.8) is 0 Å². The summed E-state index contributed by atoms with van der Waals surface area (Å²) in [7, 11) is 0. The first-order chi connectivity index (χ1) is 8.15. The lowest BCUT2D eigenvalue weighted by molar-refractivity contribution is 0.142. The van der Waals surface area contributed by atoms with Crippen molar-refractivity contribution in [3.05, 3.63) is 35.4 Å². The Morgan fingerprint density at radius 1 is 1.24 bits per heavy atom. The Morgan fingerprint density at radius 2 is 1.94 bits per heavy atom. The molecule has 1 aliphatic rings. The van der Waals surface area contributed by atoms with Gasteiger partial charge >= 0.3 is 0 Å². The van der Waals surface area contributed by atoms with Gasteiger partial charge in [-0.3, -0.25) is 0 Å². The van der Waals surface area contributed by atoms with Gasteiger partial charge in [0.2, 0.25) is 0 Å². The summed E-state index contributed by atoms with van der Waals surface area (Å²) >= 11 is 0. The van der Waals surface area contributed by atoms with Gasteiger partial charge in [0, 0.05) is 12.5 Å². The summed E-state index contributed by atoms with van der Waals surface area (Å²) in [5.74, 6) is -0.555. The average molecular weight is 240 g/mol. The van der Waals surface area contributed by atoms with Crippen LogP contribution in [0.5, 0.6) is 0 Å². The van der Waals surface area contributed by atoms with E-state index >= 15 is 0 Å². The molecule has 1 fully saturated rings. The van der Waals surface area contributed by atoms with E-state index in [0.29, 0.717) is 11.5 Å². The number of benzene rings is 1. The third kappa shape index (κ3) is 3.50. The summed E-state index contributed by atoms with van der Waals surface area (Å²) in [5, 5.41) is 9.90. The first-order valence-corrected chi connectivity index (χ1v) is 6.27. The van der Waals surface area contributed by atoms with E-state index in [2.05, 4.69) is 0 Å². The van der Waals surface area contributed by atoms with Gasteiger partial charge in [-0.05, 0) is 24.0 Å². The van der Waals surface area contributed by atoms with Crippen molar-refractivity contribution in [3.8, 4) is 0 Å². The molecule has 94 valence electrons. The topological polar surface area (TPSA) is 20.2 Å². The zero-order chi connectivity index (χ0) is 12.3. The van der Waals surface area contributed by atoms with Crippen LogP contribution < -0.4 is 0 Å². The monoisotopic (exact) mass is 240 g/mol. The lowest BCUT2D eigenvalue weighted by Gasteiger charge is -2.15. The molecular weight excluding hydrogens is 222 g/mol. The van der Waals surface area contributed by atoms with Gasteiger partial charge in [0.05, 0.1) is 6.10 Å². The molecule has 0 aromatic heterocycles. The minimum Gasteiger partial charge on any atom is -0.393 e. The molecule has 1 atom stereocenters. The number of rotatable bonds is 4. The van der Waals surface area contributed by atoms with E-state index in [1.165, 1.54) is 37.8 Å². The summed E-state index contributed by atoms with van der Waals surface area (Å²) in [6.07, 6.45) is 5.31. The van der Waals surface area contributed by atoms with Gasteiger partial charge in [-0.15, -0.1) is 0 Å².